The molecule has 7 nitrogen and oxygen atoms in total. The van der Waals surface area contributed by atoms with E-state index in [9.17, 15) is 9.59 Å². The monoisotopic (exact) mass is 334 g/mol. The lowest BCUT2D eigenvalue weighted by atomic mass is 9.97. The van der Waals surface area contributed by atoms with Crippen LogP contribution in [0.1, 0.15) is 41.4 Å². The molecule has 0 spiro atoms. The zero-order chi connectivity index (χ0) is 16.4. The van der Waals surface area contributed by atoms with E-state index in [2.05, 4.69) is 26.9 Å². The van der Waals surface area contributed by atoms with Crippen molar-refractivity contribution in [1.29, 1.82) is 0 Å². The van der Waals surface area contributed by atoms with Gasteiger partial charge in [0.1, 0.15) is 6.26 Å². The fourth-order valence-corrected chi connectivity index (χ4v) is 3.95. The highest BCUT2D eigenvalue weighted by Gasteiger charge is 2.32. The molecule has 1 atom stereocenters. The van der Waals surface area contributed by atoms with Crippen molar-refractivity contribution in [2.24, 2.45) is 0 Å². The summed E-state index contributed by atoms with van der Waals surface area (Å²) in [6.07, 6.45) is 4.97. The van der Waals surface area contributed by atoms with Gasteiger partial charge in [0.05, 0.1) is 21.6 Å². The molecule has 1 N–H and O–H groups in total. The number of nitrogens with one attached hydrogen (secondary N) is 1. The maximum Gasteiger partial charge on any atom is 0.315 e. The quantitative estimate of drug-likeness (QED) is 0.869. The van der Waals surface area contributed by atoms with E-state index in [0.29, 0.717) is 0 Å². The molecule has 2 aromatic rings. The molecule has 122 valence electrons. The molecular formula is C15H18N4O3S. The molecule has 2 heterocycles. The van der Waals surface area contributed by atoms with Gasteiger partial charge in [-0.3, -0.25) is 14.9 Å². The molecule has 0 saturated heterocycles. The molecule has 0 aliphatic heterocycles. The first-order valence-electron chi connectivity index (χ1n) is 7.57. The molecule has 3 rings (SSSR count). The van der Waals surface area contributed by atoms with Gasteiger partial charge in [-0.2, -0.15) is 0 Å². The number of carbonyl (C=O) groups is 2. The van der Waals surface area contributed by atoms with Crippen LogP contribution in [0.2, 0.25) is 0 Å². The van der Waals surface area contributed by atoms with Gasteiger partial charge in [-0.15, -0.1) is 11.3 Å². The zero-order valence-corrected chi connectivity index (χ0v) is 13.9. The number of aryl methyl sites for hydroxylation is 2. The molecule has 8 heteroatoms. The summed E-state index contributed by atoms with van der Waals surface area (Å²) in [5.41, 5.74) is 1.07. The number of rotatable bonds is 3. The predicted molar refractivity (Wildman–Crippen MR) is 85.1 cm³/mol. The molecule has 0 saturated carbocycles. The van der Waals surface area contributed by atoms with Crippen LogP contribution in [-0.4, -0.2) is 33.9 Å². The second-order valence-corrected chi connectivity index (χ2v) is 6.55. The standard InChI is InChI=1S/C15H18N4O3S/c1-3-12-16-9-5-4-6-10(13(9)23-12)19(2)15(21)14(20)17-11-7-8-22-18-11/h7-8,10H,3-6H2,1-2H3,(H,17,18,20)/t10-/m1/s1. The number of likely N-dealkylation sites (N-methyl/N-ethyl adjacent to an activating group) is 1. The Balaban J connectivity index is 1.75. The molecule has 1 aliphatic rings. The lowest BCUT2D eigenvalue weighted by Crippen LogP contribution is -2.40. The summed E-state index contributed by atoms with van der Waals surface area (Å²) in [7, 11) is 1.66. The highest BCUT2D eigenvalue weighted by molar-refractivity contribution is 7.11. The molecule has 0 fully saturated rings. The van der Waals surface area contributed by atoms with Gasteiger partial charge >= 0.3 is 11.8 Å². The summed E-state index contributed by atoms with van der Waals surface area (Å²) in [5, 5.41) is 7.09. The van der Waals surface area contributed by atoms with Crippen molar-refractivity contribution < 1.29 is 14.1 Å². The van der Waals surface area contributed by atoms with E-state index in [1.165, 1.54) is 17.2 Å². The van der Waals surface area contributed by atoms with Gasteiger partial charge in [0.2, 0.25) is 0 Å². The number of aromatic nitrogens is 2. The van der Waals surface area contributed by atoms with Crippen LogP contribution in [0.25, 0.3) is 0 Å². The summed E-state index contributed by atoms with van der Waals surface area (Å²) in [5.74, 6) is -1.07. The van der Waals surface area contributed by atoms with Crippen LogP contribution >= 0.6 is 11.3 Å². The van der Waals surface area contributed by atoms with Gasteiger partial charge in [-0.1, -0.05) is 12.1 Å². The van der Waals surface area contributed by atoms with Crippen molar-refractivity contribution in [1.82, 2.24) is 15.0 Å². The van der Waals surface area contributed by atoms with E-state index in [1.54, 1.807) is 18.4 Å². The first-order valence-corrected chi connectivity index (χ1v) is 8.38. The van der Waals surface area contributed by atoms with Crippen molar-refractivity contribution in [2.45, 2.75) is 38.6 Å². The normalized spacial score (nSPS) is 16.7. The maximum atomic E-state index is 12.4. The minimum absolute atomic E-state index is 0.0906. The Bertz CT molecular complexity index is 710. The Morgan fingerprint density at radius 2 is 2.35 bits per heavy atom. The van der Waals surface area contributed by atoms with E-state index in [-0.39, 0.29) is 11.9 Å². The summed E-state index contributed by atoms with van der Waals surface area (Å²) < 4.78 is 4.64. The van der Waals surface area contributed by atoms with E-state index >= 15 is 0 Å². The number of amides is 2. The lowest BCUT2D eigenvalue weighted by Gasteiger charge is -2.30. The van der Waals surface area contributed by atoms with Crippen LogP contribution < -0.4 is 5.32 Å². The smallest absolute Gasteiger partial charge is 0.315 e. The van der Waals surface area contributed by atoms with Crippen molar-refractivity contribution in [3.8, 4) is 0 Å². The second-order valence-electron chi connectivity index (χ2n) is 5.43. The van der Waals surface area contributed by atoms with Crippen LogP contribution in [-0.2, 0) is 22.4 Å². The van der Waals surface area contributed by atoms with Crippen LogP contribution in [0, 0.1) is 0 Å². The number of hydrogen-bond donors (Lipinski definition) is 1. The van der Waals surface area contributed by atoms with Gasteiger partial charge in [-0.05, 0) is 25.7 Å². The largest absolute Gasteiger partial charge is 0.363 e. The SMILES string of the molecule is CCc1nc2c(s1)[C@H](N(C)C(=O)C(=O)Nc1ccon1)CCC2. The second kappa shape index (κ2) is 6.49. The minimum Gasteiger partial charge on any atom is -0.363 e. The van der Waals surface area contributed by atoms with E-state index in [1.807, 2.05) is 0 Å². The number of thiazole rings is 1. The lowest BCUT2D eigenvalue weighted by molar-refractivity contribution is -0.143. The van der Waals surface area contributed by atoms with Gasteiger partial charge in [0.25, 0.3) is 0 Å². The molecule has 23 heavy (non-hydrogen) atoms. The maximum absolute atomic E-state index is 12.4. The van der Waals surface area contributed by atoms with Gasteiger partial charge in [-0.25, -0.2) is 4.98 Å². The number of carbonyl (C=O) groups excluding carboxylic acids is 2. The van der Waals surface area contributed by atoms with Crippen molar-refractivity contribution in [3.63, 3.8) is 0 Å². The third-order valence-corrected chi connectivity index (χ3v) is 5.27. The summed E-state index contributed by atoms with van der Waals surface area (Å²) in [4.78, 5) is 31.7. The predicted octanol–water partition coefficient (Wildman–Crippen LogP) is 2.17. The average molecular weight is 334 g/mol. The topological polar surface area (TPSA) is 88.3 Å². The molecule has 0 unspecified atom stereocenters. The number of nitrogens with zero attached hydrogens (tertiary/aromatic N) is 3. The fraction of sp³-hybridized carbons (Fsp3) is 0.467. The molecular weight excluding hydrogens is 316 g/mol. The third-order valence-electron chi connectivity index (χ3n) is 3.93. The highest BCUT2D eigenvalue weighted by atomic mass is 32.1. The van der Waals surface area contributed by atoms with Crippen LogP contribution in [0.4, 0.5) is 5.82 Å². The first kappa shape index (κ1) is 15.7. The van der Waals surface area contributed by atoms with Crippen LogP contribution in [0.5, 0.6) is 0 Å². The Morgan fingerprint density at radius 1 is 1.52 bits per heavy atom. The van der Waals surface area contributed by atoms with Crippen molar-refractivity contribution in [3.05, 3.63) is 27.9 Å². The van der Waals surface area contributed by atoms with Crippen molar-refractivity contribution in [2.75, 3.05) is 12.4 Å². The van der Waals surface area contributed by atoms with Gasteiger partial charge in [0, 0.05) is 13.1 Å². The molecule has 2 amide bonds. The van der Waals surface area contributed by atoms with Crippen LogP contribution in [0.3, 0.4) is 0 Å². The molecule has 0 aromatic carbocycles. The first-order chi connectivity index (χ1) is 11.1. The van der Waals surface area contributed by atoms with Crippen LogP contribution in [0.15, 0.2) is 16.9 Å². The molecule has 0 radical (unpaired) electrons. The van der Waals surface area contributed by atoms with Gasteiger partial charge in [0.15, 0.2) is 5.82 Å². The van der Waals surface area contributed by atoms with E-state index in [0.717, 1.165) is 41.3 Å². The summed E-state index contributed by atoms with van der Waals surface area (Å²) >= 11 is 1.64. The Morgan fingerprint density at radius 3 is 3.04 bits per heavy atom. The zero-order valence-electron chi connectivity index (χ0n) is 13.0. The fourth-order valence-electron chi connectivity index (χ4n) is 2.72. The van der Waals surface area contributed by atoms with Crippen molar-refractivity contribution >= 4 is 29.0 Å². The average Bonchev–Trinajstić information content (AvgIpc) is 3.21. The molecule has 1 aliphatic carbocycles. The molecule has 0 bridgehead atoms. The third kappa shape index (κ3) is 3.12. The number of fused-ring (bicyclic) bond motifs is 1. The number of hydrogen-bond acceptors (Lipinski definition) is 6. The van der Waals surface area contributed by atoms with E-state index in [4.69, 9.17) is 0 Å². The Kier molecular flexibility index (Phi) is 4.42. The summed E-state index contributed by atoms with van der Waals surface area (Å²) in [6, 6.07) is 1.40. The van der Waals surface area contributed by atoms with Gasteiger partial charge < -0.3 is 9.42 Å². The minimum atomic E-state index is -0.714. The Hall–Kier alpha value is -2.22. The summed E-state index contributed by atoms with van der Waals surface area (Å²) in [6.45, 7) is 2.07. The Labute approximate surface area is 137 Å². The number of anilines is 1. The van der Waals surface area contributed by atoms with E-state index < -0.39 is 11.8 Å². The highest BCUT2D eigenvalue weighted by Crippen LogP contribution is 2.37. The molecule has 2 aromatic heterocycles.